The number of nitrogens with one attached hydrogen (secondary N) is 2. The van der Waals surface area contributed by atoms with Crippen molar-refractivity contribution in [3.63, 3.8) is 0 Å². The number of carbonyl (C=O) groups excluding carboxylic acids is 2. The van der Waals surface area contributed by atoms with E-state index in [1.807, 2.05) is 5.32 Å². The fraction of sp³-hybridized carbons (Fsp3) is 0.500. The second kappa shape index (κ2) is 11.0. The number of aromatic nitrogens is 1. The van der Waals surface area contributed by atoms with Gasteiger partial charge in [-0.2, -0.15) is 13.2 Å². The van der Waals surface area contributed by atoms with E-state index in [-0.39, 0.29) is 45.4 Å². The van der Waals surface area contributed by atoms with Crippen molar-refractivity contribution in [2.45, 2.75) is 82.4 Å². The van der Waals surface area contributed by atoms with Crippen molar-refractivity contribution in [3.8, 4) is 5.75 Å². The van der Waals surface area contributed by atoms with Gasteiger partial charge in [-0.25, -0.2) is 9.37 Å². The molecule has 4 atom stereocenters. The molecule has 2 aromatic rings. The smallest absolute Gasteiger partial charge is 0.408 e. The molecule has 2 bridgehead atoms. The molecule has 212 valence electrons. The third kappa shape index (κ3) is 6.51. The lowest BCUT2D eigenvalue weighted by Gasteiger charge is -2.40. The molecule has 0 radical (unpaired) electrons. The summed E-state index contributed by atoms with van der Waals surface area (Å²) in [7, 11) is 0. The van der Waals surface area contributed by atoms with E-state index in [1.165, 1.54) is 18.3 Å². The van der Waals surface area contributed by atoms with Crippen LogP contribution in [0.2, 0.25) is 10.0 Å². The number of alkyl halides is 3. The maximum atomic E-state index is 13.9. The van der Waals surface area contributed by atoms with Crippen LogP contribution in [0.3, 0.4) is 0 Å². The Balaban J connectivity index is 1.37. The topological polar surface area (TPSA) is 83.6 Å². The van der Waals surface area contributed by atoms with Crippen LogP contribution in [0.4, 0.5) is 23.4 Å². The van der Waals surface area contributed by atoms with E-state index < -0.39 is 29.5 Å². The molecular formula is C26H28Cl2F4N4O3. The molecule has 2 aliphatic heterocycles. The summed E-state index contributed by atoms with van der Waals surface area (Å²) in [5.41, 5.74) is -1.31. The van der Waals surface area contributed by atoms with Crippen LogP contribution < -0.4 is 20.3 Å². The van der Waals surface area contributed by atoms with Crippen molar-refractivity contribution in [1.29, 1.82) is 0 Å². The molecule has 0 spiro atoms. The van der Waals surface area contributed by atoms with Crippen LogP contribution in [-0.4, -0.2) is 52.7 Å². The van der Waals surface area contributed by atoms with Crippen LogP contribution in [0.1, 0.15) is 56.8 Å². The van der Waals surface area contributed by atoms with Crippen molar-refractivity contribution in [2.75, 3.05) is 4.90 Å². The van der Waals surface area contributed by atoms with Gasteiger partial charge in [-0.15, -0.1) is 0 Å². The predicted octanol–water partition coefficient (Wildman–Crippen LogP) is 5.68. The fourth-order valence-electron chi connectivity index (χ4n) is 4.97. The quantitative estimate of drug-likeness (QED) is 0.320. The minimum atomic E-state index is -4.54. The number of nitrogens with zero attached hydrogens (tertiary/aromatic N) is 2. The van der Waals surface area contributed by atoms with Crippen molar-refractivity contribution in [1.82, 2.24) is 15.6 Å². The predicted molar refractivity (Wildman–Crippen MR) is 139 cm³/mol. The van der Waals surface area contributed by atoms with Crippen LogP contribution in [0.15, 0.2) is 30.5 Å². The Bertz CT molecular complexity index is 1230. The van der Waals surface area contributed by atoms with E-state index in [0.29, 0.717) is 18.7 Å². The summed E-state index contributed by atoms with van der Waals surface area (Å²) in [6, 6.07) is 3.38. The van der Waals surface area contributed by atoms with Crippen molar-refractivity contribution < 1.29 is 31.9 Å². The van der Waals surface area contributed by atoms with E-state index in [2.05, 4.69) is 15.2 Å². The maximum Gasteiger partial charge on any atom is 0.408 e. The molecule has 0 saturated carbocycles. The minimum absolute atomic E-state index is 0.00433. The summed E-state index contributed by atoms with van der Waals surface area (Å²) in [4.78, 5) is 31.8. The first-order chi connectivity index (χ1) is 18.2. The average molecular weight is 591 g/mol. The van der Waals surface area contributed by atoms with Crippen LogP contribution in [-0.2, 0) is 4.79 Å². The number of hydrogen-bond acceptors (Lipinski definition) is 5. The summed E-state index contributed by atoms with van der Waals surface area (Å²) in [5.74, 6) is -1.32. The molecule has 1 aromatic heterocycles. The Kier molecular flexibility index (Phi) is 8.23. The Morgan fingerprint density at radius 1 is 1.10 bits per heavy atom. The third-order valence-corrected chi connectivity index (χ3v) is 7.65. The standard InChI is InChI=1S/C26H28Cl2F4N4O3/c1-13(26(30,31)32)34-23(37)14-4-7-22(33-12-14)36-16-5-6-17(36)9-15(8-16)35-24(38)25(2,3)39-21-11-20(29)18(27)10-19(21)28/h4,7,10-13,15-17H,5-6,8-9H2,1-3H3,(H,34,37)(H,35,38)/t13-,15?,16-,17+/m0/s1. The number of ether oxygens (including phenoxy) is 1. The molecule has 2 N–H and O–H groups in total. The lowest BCUT2D eigenvalue weighted by atomic mass is 9.96. The van der Waals surface area contributed by atoms with Gasteiger partial charge in [0.2, 0.25) is 0 Å². The SMILES string of the molecule is C[C@H](NC(=O)c1ccc(N2[C@@H]3CC[C@H]2CC(NC(=O)C(C)(C)Oc2cc(F)c(Cl)cc2Cl)C3)nc1)C(F)(F)F. The first kappa shape index (κ1) is 29.2. The van der Waals surface area contributed by atoms with Gasteiger partial charge in [-0.3, -0.25) is 9.59 Å². The summed E-state index contributed by atoms with van der Waals surface area (Å²) in [6.07, 6.45) is -0.230. The van der Waals surface area contributed by atoms with E-state index in [0.717, 1.165) is 25.8 Å². The molecule has 7 nitrogen and oxygen atoms in total. The van der Waals surface area contributed by atoms with Crippen LogP contribution in [0.25, 0.3) is 0 Å². The molecule has 2 fully saturated rings. The number of pyridine rings is 1. The molecule has 2 amide bonds. The molecular weight excluding hydrogens is 563 g/mol. The van der Waals surface area contributed by atoms with Gasteiger partial charge in [-0.05, 0) is 64.7 Å². The minimum Gasteiger partial charge on any atom is -0.476 e. The van der Waals surface area contributed by atoms with Gasteiger partial charge in [-0.1, -0.05) is 23.2 Å². The molecule has 4 rings (SSSR count). The Morgan fingerprint density at radius 3 is 2.31 bits per heavy atom. The fourth-order valence-corrected chi connectivity index (χ4v) is 5.39. The number of amides is 2. The number of benzene rings is 1. The molecule has 1 aromatic carbocycles. The maximum absolute atomic E-state index is 13.9. The summed E-state index contributed by atoms with van der Waals surface area (Å²) in [5, 5.41) is 4.89. The highest BCUT2D eigenvalue weighted by Crippen LogP contribution is 2.39. The zero-order valence-corrected chi connectivity index (χ0v) is 22.9. The Hall–Kier alpha value is -2.79. The van der Waals surface area contributed by atoms with Gasteiger partial charge in [0.1, 0.15) is 23.4 Å². The summed E-state index contributed by atoms with van der Waals surface area (Å²) < 4.78 is 57.9. The number of fused-ring (bicyclic) bond motifs is 2. The molecule has 3 heterocycles. The second-order valence-electron chi connectivity index (χ2n) is 10.4. The lowest BCUT2D eigenvalue weighted by molar-refractivity contribution is -0.149. The molecule has 1 unspecified atom stereocenters. The van der Waals surface area contributed by atoms with Gasteiger partial charge in [0.15, 0.2) is 5.60 Å². The average Bonchev–Trinajstić information content (AvgIpc) is 3.11. The van der Waals surface area contributed by atoms with Crippen molar-refractivity contribution in [3.05, 3.63) is 51.9 Å². The highest BCUT2D eigenvalue weighted by Gasteiger charge is 2.43. The normalized spacial score (nSPS) is 21.9. The highest BCUT2D eigenvalue weighted by molar-refractivity contribution is 6.35. The second-order valence-corrected chi connectivity index (χ2v) is 11.2. The number of rotatable bonds is 7. The van der Waals surface area contributed by atoms with Crippen LogP contribution in [0, 0.1) is 5.82 Å². The number of halogens is 6. The monoisotopic (exact) mass is 590 g/mol. The first-order valence-corrected chi connectivity index (χ1v) is 13.2. The van der Waals surface area contributed by atoms with E-state index in [9.17, 15) is 27.2 Å². The Labute approximate surface area is 233 Å². The van der Waals surface area contributed by atoms with Gasteiger partial charge in [0, 0.05) is 30.4 Å². The molecule has 2 saturated heterocycles. The largest absolute Gasteiger partial charge is 0.476 e. The number of carbonyl (C=O) groups is 2. The van der Waals surface area contributed by atoms with Crippen molar-refractivity contribution in [2.24, 2.45) is 0 Å². The van der Waals surface area contributed by atoms with Crippen molar-refractivity contribution >= 4 is 40.8 Å². The zero-order chi connectivity index (χ0) is 28.7. The summed E-state index contributed by atoms with van der Waals surface area (Å²) >= 11 is 11.8. The third-order valence-electron chi connectivity index (χ3n) is 7.07. The summed E-state index contributed by atoms with van der Waals surface area (Å²) in [6.45, 7) is 4.00. The highest BCUT2D eigenvalue weighted by atomic mass is 35.5. The number of hydrogen-bond donors (Lipinski definition) is 2. The number of anilines is 1. The molecule has 13 heteroatoms. The van der Waals surface area contributed by atoms with Gasteiger partial charge in [0.05, 0.1) is 15.6 Å². The molecule has 2 aliphatic rings. The first-order valence-electron chi connectivity index (χ1n) is 12.4. The zero-order valence-electron chi connectivity index (χ0n) is 21.4. The molecule has 0 aliphatic carbocycles. The van der Waals surface area contributed by atoms with Gasteiger partial charge < -0.3 is 20.3 Å². The molecule has 39 heavy (non-hydrogen) atoms. The number of piperidine rings is 1. The van der Waals surface area contributed by atoms with E-state index >= 15 is 0 Å². The van der Waals surface area contributed by atoms with Gasteiger partial charge >= 0.3 is 6.18 Å². The lowest BCUT2D eigenvalue weighted by Crippen LogP contribution is -2.55. The Morgan fingerprint density at radius 2 is 1.74 bits per heavy atom. The van der Waals surface area contributed by atoms with Gasteiger partial charge in [0.25, 0.3) is 11.8 Å². The van der Waals surface area contributed by atoms with E-state index in [4.69, 9.17) is 27.9 Å². The van der Waals surface area contributed by atoms with Crippen LogP contribution >= 0.6 is 23.2 Å². The van der Waals surface area contributed by atoms with E-state index in [1.54, 1.807) is 19.9 Å². The van der Waals surface area contributed by atoms with Crippen LogP contribution in [0.5, 0.6) is 5.75 Å².